The molecule has 0 heterocycles. The Kier molecular flexibility index (Phi) is 13.3. The summed E-state index contributed by atoms with van der Waals surface area (Å²) in [5.41, 5.74) is 5.61. The number of nitrogens with one attached hydrogen (secondary N) is 3. The molecule has 0 saturated carbocycles. The number of aliphatic hydroxyl groups excluding tert-OH is 2. The molecule has 12 heteroatoms. The lowest BCUT2D eigenvalue weighted by atomic mass is 10.0. The van der Waals surface area contributed by atoms with Gasteiger partial charge in [-0.05, 0) is 37.7 Å². The second-order valence-corrected chi connectivity index (χ2v) is 8.37. The van der Waals surface area contributed by atoms with Gasteiger partial charge in [0.2, 0.25) is 17.7 Å². The number of nitrogens with two attached hydrogens (primary N) is 1. The van der Waals surface area contributed by atoms with Crippen molar-refractivity contribution < 1.29 is 34.5 Å². The van der Waals surface area contributed by atoms with Crippen molar-refractivity contribution in [1.29, 1.82) is 0 Å². The first-order valence-electron chi connectivity index (χ1n) is 9.61. The summed E-state index contributed by atoms with van der Waals surface area (Å²) in [4.78, 5) is 48.5. The maximum Gasteiger partial charge on any atom is 0.328 e. The number of amides is 3. The Bertz CT molecular complexity index is 589. The van der Waals surface area contributed by atoms with E-state index < -0.39 is 60.6 Å². The zero-order chi connectivity index (χ0) is 23.4. The number of carboxylic acid groups (broad SMARTS) is 1. The van der Waals surface area contributed by atoms with Crippen LogP contribution in [-0.4, -0.2) is 87.9 Å². The molecule has 174 valence electrons. The van der Waals surface area contributed by atoms with Crippen LogP contribution in [-0.2, 0) is 19.2 Å². The van der Waals surface area contributed by atoms with Crippen LogP contribution >= 0.6 is 11.8 Å². The van der Waals surface area contributed by atoms with Crippen LogP contribution in [0.5, 0.6) is 0 Å². The highest BCUT2D eigenvalue weighted by Crippen LogP contribution is 2.08. The third kappa shape index (κ3) is 10.2. The van der Waals surface area contributed by atoms with E-state index in [2.05, 4.69) is 16.0 Å². The van der Waals surface area contributed by atoms with E-state index in [0.29, 0.717) is 5.75 Å². The van der Waals surface area contributed by atoms with Crippen molar-refractivity contribution in [3.05, 3.63) is 0 Å². The molecular formula is C18H34N4O7S. The van der Waals surface area contributed by atoms with E-state index in [0.717, 1.165) is 0 Å². The molecule has 11 nitrogen and oxygen atoms in total. The molecule has 0 aliphatic rings. The quantitative estimate of drug-likeness (QED) is 0.157. The Morgan fingerprint density at radius 3 is 1.87 bits per heavy atom. The second kappa shape index (κ2) is 14.2. The number of aliphatic hydroxyl groups is 2. The Hall–Kier alpha value is -1.89. The van der Waals surface area contributed by atoms with Crippen molar-refractivity contribution in [3.63, 3.8) is 0 Å². The van der Waals surface area contributed by atoms with E-state index in [-0.39, 0.29) is 18.8 Å². The zero-order valence-corrected chi connectivity index (χ0v) is 18.6. The van der Waals surface area contributed by atoms with Gasteiger partial charge in [0, 0.05) is 0 Å². The first-order chi connectivity index (χ1) is 13.9. The normalized spacial score (nSPS) is 16.1. The van der Waals surface area contributed by atoms with Gasteiger partial charge in [0.25, 0.3) is 0 Å². The van der Waals surface area contributed by atoms with E-state index in [1.54, 1.807) is 0 Å². The molecule has 5 unspecified atom stereocenters. The van der Waals surface area contributed by atoms with E-state index in [1.807, 2.05) is 20.1 Å². The molecule has 0 bridgehead atoms. The highest BCUT2D eigenvalue weighted by Gasteiger charge is 2.31. The summed E-state index contributed by atoms with van der Waals surface area (Å²) in [6, 6.07) is -4.78. The first kappa shape index (κ1) is 28.1. The number of carbonyl (C=O) groups is 4. The number of thioether (sulfide) groups is 1. The summed E-state index contributed by atoms with van der Waals surface area (Å²) in [6.45, 7) is 4.24. The van der Waals surface area contributed by atoms with Gasteiger partial charge in [-0.2, -0.15) is 11.8 Å². The fourth-order valence-electron chi connectivity index (χ4n) is 2.42. The predicted molar refractivity (Wildman–Crippen MR) is 113 cm³/mol. The lowest BCUT2D eigenvalue weighted by Crippen LogP contribution is -2.58. The molecule has 0 fully saturated rings. The minimum absolute atomic E-state index is 0.0214. The largest absolute Gasteiger partial charge is 0.480 e. The minimum Gasteiger partial charge on any atom is -0.480 e. The molecule has 30 heavy (non-hydrogen) atoms. The number of hydrogen-bond donors (Lipinski definition) is 7. The monoisotopic (exact) mass is 450 g/mol. The summed E-state index contributed by atoms with van der Waals surface area (Å²) in [7, 11) is 0. The minimum atomic E-state index is -1.50. The Labute approximate surface area is 180 Å². The Morgan fingerprint density at radius 1 is 0.933 bits per heavy atom. The average molecular weight is 451 g/mol. The molecule has 3 amide bonds. The number of carboxylic acids is 1. The first-order valence-corrected chi connectivity index (χ1v) is 11.0. The van der Waals surface area contributed by atoms with Crippen molar-refractivity contribution in [2.75, 3.05) is 18.6 Å². The molecule has 0 radical (unpaired) electrons. The van der Waals surface area contributed by atoms with Gasteiger partial charge in [-0.25, -0.2) is 4.79 Å². The molecule has 0 spiro atoms. The number of hydrogen-bond acceptors (Lipinski definition) is 8. The van der Waals surface area contributed by atoms with Crippen molar-refractivity contribution in [2.45, 2.75) is 63.9 Å². The highest BCUT2D eigenvalue weighted by molar-refractivity contribution is 7.98. The molecule has 8 N–H and O–H groups in total. The van der Waals surface area contributed by atoms with Crippen molar-refractivity contribution >= 4 is 35.5 Å². The smallest absolute Gasteiger partial charge is 0.328 e. The van der Waals surface area contributed by atoms with Crippen LogP contribution in [0, 0.1) is 5.92 Å². The van der Waals surface area contributed by atoms with Gasteiger partial charge in [0.05, 0.1) is 12.7 Å². The van der Waals surface area contributed by atoms with Crippen LogP contribution in [0.1, 0.15) is 33.6 Å². The van der Waals surface area contributed by atoms with Crippen LogP contribution in [0.25, 0.3) is 0 Å². The van der Waals surface area contributed by atoms with Gasteiger partial charge < -0.3 is 37.0 Å². The number of carbonyl (C=O) groups excluding carboxylic acids is 3. The predicted octanol–water partition coefficient (Wildman–Crippen LogP) is -1.97. The van der Waals surface area contributed by atoms with Crippen molar-refractivity contribution in [3.8, 4) is 0 Å². The molecule has 0 saturated heterocycles. The van der Waals surface area contributed by atoms with Gasteiger partial charge in [-0.15, -0.1) is 0 Å². The molecule has 0 aliphatic carbocycles. The van der Waals surface area contributed by atoms with E-state index >= 15 is 0 Å². The third-order valence-electron chi connectivity index (χ3n) is 4.20. The lowest BCUT2D eigenvalue weighted by molar-refractivity contribution is -0.143. The second-order valence-electron chi connectivity index (χ2n) is 7.38. The molecule has 0 aliphatic heterocycles. The van der Waals surface area contributed by atoms with E-state index in [9.17, 15) is 24.3 Å². The Morgan fingerprint density at radius 2 is 1.43 bits per heavy atom. The van der Waals surface area contributed by atoms with Crippen LogP contribution in [0.3, 0.4) is 0 Å². The lowest BCUT2D eigenvalue weighted by Gasteiger charge is -2.26. The van der Waals surface area contributed by atoms with E-state index in [1.165, 1.54) is 18.7 Å². The van der Waals surface area contributed by atoms with Gasteiger partial charge in [-0.3, -0.25) is 14.4 Å². The Balaban J connectivity index is 5.37. The summed E-state index contributed by atoms with van der Waals surface area (Å²) in [6.07, 6.45) is 1.17. The van der Waals surface area contributed by atoms with Gasteiger partial charge >= 0.3 is 5.97 Å². The summed E-state index contributed by atoms with van der Waals surface area (Å²) >= 11 is 1.43. The van der Waals surface area contributed by atoms with E-state index in [4.69, 9.17) is 15.9 Å². The van der Waals surface area contributed by atoms with Crippen LogP contribution < -0.4 is 21.7 Å². The van der Waals surface area contributed by atoms with Gasteiger partial charge in [0.1, 0.15) is 24.2 Å². The molecular weight excluding hydrogens is 416 g/mol. The van der Waals surface area contributed by atoms with Crippen LogP contribution in [0.4, 0.5) is 0 Å². The molecule has 5 atom stereocenters. The fraction of sp³-hybridized carbons (Fsp3) is 0.778. The third-order valence-corrected chi connectivity index (χ3v) is 4.85. The highest BCUT2D eigenvalue weighted by atomic mass is 32.2. The molecule has 0 aromatic carbocycles. The maximum atomic E-state index is 12.8. The standard InChI is InChI=1S/C18H34N4O7S/c1-9(2)7-12(21-17(27)14(19)10(3)24)16(26)20-11(5-6-30-4)15(25)22-13(8-23)18(28)29/h9-14,23-24H,5-8,19H2,1-4H3,(H,20,26)(H,21,27)(H,22,25)(H,28,29). The van der Waals surface area contributed by atoms with Gasteiger partial charge in [0.15, 0.2) is 0 Å². The summed E-state index contributed by atoms with van der Waals surface area (Å²) < 4.78 is 0. The van der Waals surface area contributed by atoms with Crippen molar-refractivity contribution in [2.24, 2.45) is 11.7 Å². The van der Waals surface area contributed by atoms with Crippen LogP contribution in [0.15, 0.2) is 0 Å². The van der Waals surface area contributed by atoms with Crippen LogP contribution in [0.2, 0.25) is 0 Å². The molecule has 0 aromatic rings. The fourth-order valence-corrected chi connectivity index (χ4v) is 2.90. The van der Waals surface area contributed by atoms with Crippen molar-refractivity contribution in [1.82, 2.24) is 16.0 Å². The summed E-state index contributed by atoms with van der Waals surface area (Å²) in [5, 5.41) is 34.8. The zero-order valence-electron chi connectivity index (χ0n) is 17.8. The maximum absolute atomic E-state index is 12.8. The molecule has 0 aromatic heterocycles. The topological polar surface area (TPSA) is 191 Å². The average Bonchev–Trinajstić information content (AvgIpc) is 2.66. The number of aliphatic carboxylic acids is 1. The SMILES string of the molecule is CSCCC(NC(=O)C(CC(C)C)NC(=O)C(N)C(C)O)C(=O)NC(CO)C(=O)O. The summed E-state index contributed by atoms with van der Waals surface area (Å²) in [5.74, 6) is -2.97. The molecule has 0 rings (SSSR count). The van der Waals surface area contributed by atoms with Gasteiger partial charge in [-0.1, -0.05) is 13.8 Å². The number of rotatable bonds is 14.